The first-order valence-electron chi connectivity index (χ1n) is 15.8. The summed E-state index contributed by atoms with van der Waals surface area (Å²) in [6.45, 7) is 17.3. The summed E-state index contributed by atoms with van der Waals surface area (Å²) in [4.78, 5) is 37.3. The molecule has 2 bridgehead atoms. The van der Waals surface area contributed by atoms with Crippen LogP contribution in [0.4, 0.5) is 0 Å². The first-order chi connectivity index (χ1) is 18.5. The molecule has 1 aliphatic heterocycles. The highest BCUT2D eigenvalue weighted by molar-refractivity contribution is 6.01. The third-order valence-corrected chi connectivity index (χ3v) is 14.2. The molecule has 0 aromatic carbocycles. The number of ether oxygens (including phenoxy) is 2. The number of carboxylic acids is 1. The van der Waals surface area contributed by atoms with Crippen molar-refractivity contribution in [2.75, 3.05) is 6.61 Å². The van der Waals surface area contributed by atoms with Gasteiger partial charge in [-0.15, -0.1) is 0 Å². The van der Waals surface area contributed by atoms with E-state index in [2.05, 4.69) is 34.6 Å². The second-order valence-corrected chi connectivity index (χ2v) is 16.6. The van der Waals surface area contributed by atoms with Gasteiger partial charge in [0.1, 0.15) is 0 Å². The van der Waals surface area contributed by atoms with Gasteiger partial charge in [0.15, 0.2) is 5.76 Å². The zero-order valence-electron chi connectivity index (χ0n) is 25.7. The molecule has 6 aliphatic rings. The van der Waals surface area contributed by atoms with Crippen molar-refractivity contribution in [2.24, 2.45) is 56.2 Å². The van der Waals surface area contributed by atoms with Crippen molar-refractivity contribution >= 4 is 17.7 Å². The van der Waals surface area contributed by atoms with E-state index in [0.717, 1.165) is 25.9 Å². The van der Waals surface area contributed by atoms with Gasteiger partial charge in [-0.25, -0.2) is 0 Å². The molecule has 40 heavy (non-hydrogen) atoms. The van der Waals surface area contributed by atoms with Gasteiger partial charge in [0, 0.05) is 5.41 Å². The number of rotatable bonds is 4. The van der Waals surface area contributed by atoms with Crippen molar-refractivity contribution in [3.05, 3.63) is 11.8 Å². The van der Waals surface area contributed by atoms with Crippen molar-refractivity contribution < 1.29 is 29.0 Å². The summed E-state index contributed by atoms with van der Waals surface area (Å²) >= 11 is 0. The topological polar surface area (TPSA) is 89.9 Å². The Labute approximate surface area is 240 Å². The zero-order valence-corrected chi connectivity index (χ0v) is 25.7. The molecule has 6 rings (SSSR count). The lowest BCUT2D eigenvalue weighted by Crippen LogP contribution is -2.67. The zero-order chi connectivity index (χ0) is 29.1. The normalized spacial score (nSPS) is 48.1. The Kier molecular flexibility index (Phi) is 6.16. The van der Waals surface area contributed by atoms with Gasteiger partial charge in [0.2, 0.25) is 5.78 Å². The number of Topliss-reactive ketones (excluding diaryl/α,β-unsaturated/α-hetero) is 1. The summed E-state index contributed by atoms with van der Waals surface area (Å²) in [6, 6.07) is 0. The lowest BCUT2D eigenvalue weighted by Gasteiger charge is -2.72. The standard InChI is InChI=1S/C34H50O6/c1-29(2)14-16-34-17-15-32(6)20(26(34)28(29)39-19-34)8-9-23-31(5)18-21(40-25(37)11-10-24(35)36)27(38)30(3,4)22(31)12-13-33(23,32)7/h18,20,22-23,26,28H,8-17,19H2,1-7H3,(H,35,36). The van der Waals surface area contributed by atoms with Crippen molar-refractivity contribution in [1.82, 2.24) is 0 Å². The lowest BCUT2D eigenvalue weighted by molar-refractivity contribution is -0.227. The fourth-order valence-corrected chi connectivity index (χ4v) is 11.9. The number of allylic oxidation sites excluding steroid dienone is 2. The van der Waals surface area contributed by atoms with Crippen molar-refractivity contribution in [3.63, 3.8) is 0 Å². The predicted molar refractivity (Wildman–Crippen MR) is 151 cm³/mol. The summed E-state index contributed by atoms with van der Waals surface area (Å²) in [5.41, 5.74) is -0.0605. The molecule has 0 aromatic rings. The molecule has 1 saturated heterocycles. The van der Waals surface area contributed by atoms with Crippen LogP contribution in [0.5, 0.6) is 0 Å². The average Bonchev–Trinajstić information content (AvgIpc) is 3.20. The molecular formula is C34H50O6. The van der Waals surface area contributed by atoms with Crippen molar-refractivity contribution in [2.45, 2.75) is 119 Å². The molecule has 0 amide bonds. The minimum absolute atomic E-state index is 0.106. The van der Waals surface area contributed by atoms with Crippen LogP contribution in [0.2, 0.25) is 0 Å². The van der Waals surface area contributed by atoms with Crippen LogP contribution >= 0.6 is 0 Å². The minimum atomic E-state index is -1.05. The summed E-state index contributed by atoms with van der Waals surface area (Å²) in [5, 5.41) is 9.02. The predicted octanol–water partition coefficient (Wildman–Crippen LogP) is 6.96. The van der Waals surface area contributed by atoms with E-state index in [1.807, 2.05) is 19.9 Å². The fourth-order valence-electron chi connectivity index (χ4n) is 11.9. The van der Waals surface area contributed by atoms with Crippen LogP contribution in [0.25, 0.3) is 0 Å². The Balaban J connectivity index is 1.37. The Morgan fingerprint density at radius 2 is 1.60 bits per heavy atom. The monoisotopic (exact) mass is 554 g/mol. The maximum Gasteiger partial charge on any atom is 0.311 e. The van der Waals surface area contributed by atoms with Gasteiger partial charge >= 0.3 is 11.9 Å². The molecule has 0 aromatic heterocycles. The molecule has 6 nitrogen and oxygen atoms in total. The number of hydrogen-bond donors (Lipinski definition) is 1. The molecule has 4 saturated carbocycles. The van der Waals surface area contributed by atoms with Crippen LogP contribution in [0.3, 0.4) is 0 Å². The molecule has 1 N–H and O–H groups in total. The third kappa shape index (κ3) is 3.59. The summed E-state index contributed by atoms with van der Waals surface area (Å²) in [7, 11) is 0. The van der Waals surface area contributed by atoms with Gasteiger partial charge in [-0.2, -0.15) is 0 Å². The molecule has 0 radical (unpaired) electrons. The number of carbonyl (C=O) groups excluding carboxylic acids is 2. The van der Waals surface area contributed by atoms with Crippen LogP contribution in [0.15, 0.2) is 11.8 Å². The summed E-state index contributed by atoms with van der Waals surface area (Å²) in [5.74, 6) is 0.158. The van der Waals surface area contributed by atoms with Gasteiger partial charge in [-0.3, -0.25) is 14.4 Å². The number of carbonyl (C=O) groups is 3. The van der Waals surface area contributed by atoms with E-state index in [1.165, 1.54) is 32.1 Å². The van der Waals surface area contributed by atoms with Crippen LogP contribution in [-0.2, 0) is 23.9 Å². The van der Waals surface area contributed by atoms with Crippen LogP contribution in [0, 0.1) is 56.2 Å². The van der Waals surface area contributed by atoms with Crippen LogP contribution in [0.1, 0.15) is 113 Å². The van der Waals surface area contributed by atoms with E-state index >= 15 is 0 Å². The Morgan fingerprint density at radius 1 is 0.900 bits per heavy atom. The number of carboxylic acid groups (broad SMARTS) is 1. The van der Waals surface area contributed by atoms with Gasteiger partial charge in [-0.05, 0) is 108 Å². The van der Waals surface area contributed by atoms with Gasteiger partial charge in [-0.1, -0.05) is 48.5 Å². The highest BCUT2D eigenvalue weighted by atomic mass is 16.5. The Hall–Kier alpha value is -1.69. The smallest absolute Gasteiger partial charge is 0.311 e. The molecule has 0 spiro atoms. The SMILES string of the molecule is CC1(C)CCC23CCC4(C)C(CCC5C6(C)C=C(OC(=O)CCC(=O)O)C(=O)C(C)(C)C6CCC54C)C2C1OC3. The molecule has 222 valence electrons. The largest absolute Gasteiger partial charge is 0.481 e. The van der Waals surface area contributed by atoms with Crippen molar-refractivity contribution in [3.8, 4) is 0 Å². The molecular weight excluding hydrogens is 504 g/mol. The first kappa shape index (κ1) is 28.4. The average molecular weight is 555 g/mol. The summed E-state index contributed by atoms with van der Waals surface area (Å²) < 4.78 is 12.4. The second kappa shape index (κ2) is 8.67. The Morgan fingerprint density at radius 3 is 2.30 bits per heavy atom. The highest BCUT2D eigenvalue weighted by Crippen LogP contribution is 2.77. The number of esters is 1. The quantitative estimate of drug-likeness (QED) is 0.378. The van der Waals surface area contributed by atoms with E-state index < -0.39 is 17.4 Å². The molecule has 9 unspecified atom stereocenters. The minimum Gasteiger partial charge on any atom is -0.481 e. The van der Waals surface area contributed by atoms with Gasteiger partial charge in [0.25, 0.3) is 0 Å². The Bertz CT molecular complexity index is 1170. The van der Waals surface area contributed by atoms with Gasteiger partial charge < -0.3 is 14.6 Å². The maximum atomic E-state index is 13.7. The summed E-state index contributed by atoms with van der Waals surface area (Å²) in [6.07, 6.45) is 11.3. The van der Waals surface area contributed by atoms with Crippen LogP contribution in [-0.4, -0.2) is 35.5 Å². The van der Waals surface area contributed by atoms with E-state index in [4.69, 9.17) is 14.6 Å². The maximum absolute atomic E-state index is 13.7. The van der Waals surface area contributed by atoms with E-state index in [9.17, 15) is 14.4 Å². The van der Waals surface area contributed by atoms with E-state index in [1.54, 1.807) is 0 Å². The fraction of sp³-hybridized carbons (Fsp3) is 0.853. The van der Waals surface area contributed by atoms with Crippen LogP contribution < -0.4 is 0 Å². The number of ketones is 1. The first-order valence-corrected chi connectivity index (χ1v) is 15.8. The molecule has 6 heteroatoms. The second-order valence-electron chi connectivity index (χ2n) is 16.6. The lowest BCUT2D eigenvalue weighted by atomic mass is 9.32. The highest BCUT2D eigenvalue weighted by Gasteiger charge is 2.72. The molecule has 9 atom stereocenters. The third-order valence-electron chi connectivity index (χ3n) is 14.2. The van der Waals surface area contributed by atoms with Gasteiger partial charge in [0.05, 0.1) is 25.6 Å². The van der Waals surface area contributed by atoms with Crippen molar-refractivity contribution in [1.29, 1.82) is 0 Å². The number of fused-ring (bicyclic) bond motifs is 5. The van der Waals surface area contributed by atoms with E-state index in [-0.39, 0.29) is 52.0 Å². The number of aliphatic carboxylic acids is 1. The molecule has 1 heterocycles. The number of hydrogen-bond acceptors (Lipinski definition) is 5. The van der Waals surface area contributed by atoms with E-state index in [0.29, 0.717) is 29.3 Å². The molecule has 5 aliphatic carbocycles. The molecule has 5 fully saturated rings.